The van der Waals surface area contributed by atoms with Crippen LogP contribution < -0.4 is 0 Å². The molecule has 1 aliphatic rings. The van der Waals surface area contributed by atoms with Gasteiger partial charge in [-0.3, -0.25) is 0 Å². The zero-order valence-electron chi connectivity index (χ0n) is 9.84. The van der Waals surface area contributed by atoms with Crippen LogP contribution in [-0.2, 0) is 4.79 Å². The lowest BCUT2D eigenvalue weighted by atomic mass is 9.73. The lowest BCUT2D eigenvalue weighted by molar-refractivity contribution is -0.115. The van der Waals surface area contributed by atoms with Gasteiger partial charge in [0, 0.05) is 5.41 Å². The molecule has 0 fully saturated rings. The quantitative estimate of drug-likeness (QED) is 0.495. The predicted molar refractivity (Wildman–Crippen MR) is 60.1 cm³/mol. The van der Waals surface area contributed by atoms with Crippen LogP contribution in [-0.4, -0.2) is 6.29 Å². The van der Waals surface area contributed by atoms with E-state index in [9.17, 15) is 4.79 Å². The van der Waals surface area contributed by atoms with Crippen LogP contribution in [0.15, 0.2) is 11.6 Å². The molecule has 0 aromatic rings. The Balaban J connectivity index is 2.59. The van der Waals surface area contributed by atoms with E-state index in [1.807, 2.05) is 13.8 Å². The van der Waals surface area contributed by atoms with Gasteiger partial charge in [-0.2, -0.15) is 0 Å². The van der Waals surface area contributed by atoms with Crippen LogP contribution in [0.1, 0.15) is 47.0 Å². The van der Waals surface area contributed by atoms with Gasteiger partial charge in [0.25, 0.3) is 0 Å². The molecule has 2 unspecified atom stereocenters. The molecule has 0 aliphatic heterocycles. The van der Waals surface area contributed by atoms with Gasteiger partial charge in [0.2, 0.25) is 0 Å². The number of hydrogen-bond donors (Lipinski definition) is 0. The van der Waals surface area contributed by atoms with Crippen molar-refractivity contribution in [2.45, 2.75) is 47.0 Å². The molecule has 0 N–H and O–H groups in total. The molecule has 1 nitrogen and oxygen atoms in total. The SMILES string of the molecule is CC1=CC(C)C(CC(C)(C)C=O)CC1. The van der Waals surface area contributed by atoms with E-state index in [-0.39, 0.29) is 5.41 Å². The number of carbonyl (C=O) groups excluding carboxylic acids is 1. The summed E-state index contributed by atoms with van der Waals surface area (Å²) in [6, 6.07) is 0. The molecule has 0 amide bonds. The third-order valence-electron chi connectivity index (χ3n) is 3.31. The molecule has 1 aliphatic carbocycles. The first kappa shape index (κ1) is 11.5. The number of carbonyl (C=O) groups is 1. The zero-order valence-corrected chi connectivity index (χ0v) is 9.84. The number of hydrogen-bond acceptors (Lipinski definition) is 1. The average Bonchev–Trinajstić information content (AvgIpc) is 2.10. The highest BCUT2D eigenvalue weighted by atomic mass is 16.1. The molecule has 1 heteroatoms. The summed E-state index contributed by atoms with van der Waals surface area (Å²) in [4.78, 5) is 10.9. The van der Waals surface area contributed by atoms with E-state index in [0.717, 1.165) is 12.7 Å². The zero-order chi connectivity index (χ0) is 10.8. The van der Waals surface area contributed by atoms with Crippen LogP contribution in [0.25, 0.3) is 0 Å². The van der Waals surface area contributed by atoms with Crippen molar-refractivity contribution in [1.82, 2.24) is 0 Å². The normalized spacial score (nSPS) is 28.4. The summed E-state index contributed by atoms with van der Waals surface area (Å²) < 4.78 is 0. The second-order valence-electron chi connectivity index (χ2n) is 5.48. The molecule has 0 radical (unpaired) electrons. The van der Waals surface area contributed by atoms with Gasteiger partial charge in [-0.1, -0.05) is 32.4 Å². The first-order valence-electron chi connectivity index (χ1n) is 5.58. The molecule has 0 heterocycles. The van der Waals surface area contributed by atoms with Crippen molar-refractivity contribution in [2.24, 2.45) is 17.3 Å². The number of rotatable bonds is 3. The van der Waals surface area contributed by atoms with Crippen LogP contribution >= 0.6 is 0 Å². The predicted octanol–water partition coefficient (Wildman–Crippen LogP) is 3.59. The maximum absolute atomic E-state index is 10.9. The highest BCUT2D eigenvalue weighted by Crippen LogP contribution is 2.36. The summed E-state index contributed by atoms with van der Waals surface area (Å²) in [5, 5.41) is 0. The summed E-state index contributed by atoms with van der Waals surface area (Å²) in [6.07, 6.45) is 6.96. The first-order valence-corrected chi connectivity index (χ1v) is 5.58. The Bertz CT molecular complexity index is 238. The molecule has 0 aromatic heterocycles. The molecule has 0 bridgehead atoms. The fourth-order valence-corrected chi connectivity index (χ4v) is 2.36. The second kappa shape index (κ2) is 4.29. The van der Waals surface area contributed by atoms with Crippen molar-refractivity contribution in [1.29, 1.82) is 0 Å². The standard InChI is InChI=1S/C13H22O/c1-10-5-6-12(11(2)7-10)8-13(3,4)9-14/h7,9,11-12H,5-6,8H2,1-4H3. The molecule has 14 heavy (non-hydrogen) atoms. The Labute approximate surface area is 87.6 Å². The van der Waals surface area contributed by atoms with Gasteiger partial charge in [-0.05, 0) is 38.0 Å². The fourth-order valence-electron chi connectivity index (χ4n) is 2.36. The maximum atomic E-state index is 10.9. The molecule has 0 aromatic carbocycles. The van der Waals surface area contributed by atoms with Crippen LogP contribution in [0.5, 0.6) is 0 Å². The molecule has 1 rings (SSSR count). The average molecular weight is 194 g/mol. The maximum Gasteiger partial charge on any atom is 0.125 e. The molecule has 80 valence electrons. The third kappa shape index (κ3) is 2.97. The minimum Gasteiger partial charge on any atom is -0.303 e. The Morgan fingerprint density at radius 2 is 2.21 bits per heavy atom. The minimum absolute atomic E-state index is 0.141. The van der Waals surface area contributed by atoms with Gasteiger partial charge in [0.15, 0.2) is 0 Å². The van der Waals surface area contributed by atoms with Gasteiger partial charge < -0.3 is 4.79 Å². The summed E-state index contributed by atoms with van der Waals surface area (Å²) in [7, 11) is 0. The molecular weight excluding hydrogens is 172 g/mol. The van der Waals surface area contributed by atoms with Gasteiger partial charge >= 0.3 is 0 Å². The Kier molecular flexibility index (Phi) is 3.52. The highest BCUT2D eigenvalue weighted by molar-refractivity contribution is 5.57. The van der Waals surface area contributed by atoms with Crippen LogP contribution in [0.4, 0.5) is 0 Å². The van der Waals surface area contributed by atoms with Crippen molar-refractivity contribution in [3.05, 3.63) is 11.6 Å². The minimum atomic E-state index is -0.141. The number of allylic oxidation sites excluding steroid dienone is 2. The third-order valence-corrected chi connectivity index (χ3v) is 3.31. The molecule has 0 saturated carbocycles. The molecule has 2 atom stereocenters. The van der Waals surface area contributed by atoms with E-state index in [0.29, 0.717) is 11.8 Å². The van der Waals surface area contributed by atoms with Crippen molar-refractivity contribution in [3.8, 4) is 0 Å². The highest BCUT2D eigenvalue weighted by Gasteiger charge is 2.27. The van der Waals surface area contributed by atoms with Crippen LogP contribution in [0.3, 0.4) is 0 Å². The van der Waals surface area contributed by atoms with Gasteiger partial charge in [0.05, 0.1) is 0 Å². The van der Waals surface area contributed by atoms with E-state index in [1.54, 1.807) is 0 Å². The Morgan fingerprint density at radius 1 is 1.57 bits per heavy atom. The topological polar surface area (TPSA) is 17.1 Å². The largest absolute Gasteiger partial charge is 0.303 e. The van der Waals surface area contributed by atoms with E-state index in [2.05, 4.69) is 19.9 Å². The monoisotopic (exact) mass is 194 g/mol. The summed E-state index contributed by atoms with van der Waals surface area (Å²) in [5.74, 6) is 1.34. The van der Waals surface area contributed by atoms with Crippen molar-refractivity contribution in [3.63, 3.8) is 0 Å². The van der Waals surface area contributed by atoms with Crippen molar-refractivity contribution >= 4 is 6.29 Å². The van der Waals surface area contributed by atoms with E-state index in [4.69, 9.17) is 0 Å². The second-order valence-corrected chi connectivity index (χ2v) is 5.48. The molecule has 0 saturated heterocycles. The summed E-state index contributed by atoms with van der Waals surface area (Å²) in [6.45, 7) is 8.56. The summed E-state index contributed by atoms with van der Waals surface area (Å²) >= 11 is 0. The molecule has 0 spiro atoms. The summed E-state index contributed by atoms with van der Waals surface area (Å²) in [5.41, 5.74) is 1.37. The van der Waals surface area contributed by atoms with E-state index >= 15 is 0 Å². The van der Waals surface area contributed by atoms with Crippen molar-refractivity contribution in [2.75, 3.05) is 0 Å². The van der Waals surface area contributed by atoms with Gasteiger partial charge in [-0.15, -0.1) is 0 Å². The van der Waals surface area contributed by atoms with Crippen LogP contribution in [0.2, 0.25) is 0 Å². The van der Waals surface area contributed by atoms with Crippen LogP contribution in [0, 0.1) is 17.3 Å². The van der Waals surface area contributed by atoms with Crippen molar-refractivity contribution < 1.29 is 4.79 Å². The van der Waals surface area contributed by atoms with Gasteiger partial charge in [-0.25, -0.2) is 0 Å². The lowest BCUT2D eigenvalue weighted by Crippen LogP contribution is -2.24. The van der Waals surface area contributed by atoms with E-state index in [1.165, 1.54) is 18.4 Å². The van der Waals surface area contributed by atoms with E-state index < -0.39 is 0 Å². The Morgan fingerprint density at radius 3 is 2.71 bits per heavy atom. The smallest absolute Gasteiger partial charge is 0.125 e. The Hall–Kier alpha value is -0.590. The number of aldehydes is 1. The first-order chi connectivity index (χ1) is 6.44. The van der Waals surface area contributed by atoms with Gasteiger partial charge in [0.1, 0.15) is 6.29 Å². The lowest BCUT2D eigenvalue weighted by Gasteiger charge is -2.31. The molecular formula is C13H22O. The fraction of sp³-hybridized carbons (Fsp3) is 0.769.